The van der Waals surface area contributed by atoms with Crippen molar-refractivity contribution in [3.05, 3.63) is 59.1 Å². The molecule has 2 rings (SSSR count). The minimum absolute atomic E-state index is 0.0665. The number of aryl methyl sites for hydroxylation is 1. The fraction of sp³-hybridized carbons (Fsp3) is 0.263. The third-order valence-electron chi connectivity index (χ3n) is 3.54. The summed E-state index contributed by atoms with van der Waals surface area (Å²) in [7, 11) is 1.57. The molecule has 2 amide bonds. The Morgan fingerprint density at radius 2 is 1.88 bits per heavy atom. The fourth-order valence-corrected chi connectivity index (χ4v) is 2.41. The summed E-state index contributed by atoms with van der Waals surface area (Å²) in [6, 6.07) is 14.2. The predicted molar refractivity (Wildman–Crippen MR) is 99.0 cm³/mol. The van der Waals surface area contributed by atoms with Crippen molar-refractivity contribution in [2.45, 2.75) is 20.0 Å². The summed E-state index contributed by atoms with van der Waals surface area (Å²) in [6.45, 7) is 3.55. The monoisotopic (exact) mass is 360 g/mol. The molecule has 1 N–H and O–H groups in total. The quantitative estimate of drug-likeness (QED) is 0.857. The van der Waals surface area contributed by atoms with Gasteiger partial charge in [-0.1, -0.05) is 23.7 Å². The number of likely N-dealkylation sites (N-methyl/N-ethyl adjacent to an activating group) is 1. The van der Waals surface area contributed by atoms with Crippen LogP contribution in [0.25, 0.3) is 0 Å². The lowest BCUT2D eigenvalue weighted by Gasteiger charge is -2.22. The second-order valence-electron chi connectivity index (χ2n) is 5.83. The van der Waals surface area contributed by atoms with E-state index >= 15 is 0 Å². The summed E-state index contributed by atoms with van der Waals surface area (Å²) < 4.78 is 5.65. The summed E-state index contributed by atoms with van der Waals surface area (Å²) in [4.78, 5) is 25.8. The van der Waals surface area contributed by atoms with E-state index in [2.05, 4.69) is 5.32 Å². The lowest BCUT2D eigenvalue weighted by molar-refractivity contribution is -0.139. The lowest BCUT2D eigenvalue weighted by Crippen LogP contribution is -2.41. The molecule has 0 bridgehead atoms. The van der Waals surface area contributed by atoms with E-state index in [4.69, 9.17) is 16.3 Å². The summed E-state index contributed by atoms with van der Waals surface area (Å²) in [5.41, 5.74) is 1.67. The Labute approximate surface area is 152 Å². The van der Waals surface area contributed by atoms with Gasteiger partial charge in [0.15, 0.2) is 6.10 Å². The molecule has 2 aromatic rings. The van der Waals surface area contributed by atoms with E-state index in [1.807, 2.05) is 25.1 Å². The van der Waals surface area contributed by atoms with Crippen LogP contribution in [0.3, 0.4) is 0 Å². The highest BCUT2D eigenvalue weighted by atomic mass is 35.5. The number of carbonyl (C=O) groups excluding carboxylic acids is 2. The number of hydrogen-bond acceptors (Lipinski definition) is 3. The van der Waals surface area contributed by atoms with Gasteiger partial charge in [0.2, 0.25) is 5.91 Å². The second kappa shape index (κ2) is 8.53. The Morgan fingerprint density at radius 3 is 2.52 bits per heavy atom. The maximum Gasteiger partial charge on any atom is 0.263 e. The van der Waals surface area contributed by atoms with Gasteiger partial charge in [-0.3, -0.25) is 9.59 Å². The highest BCUT2D eigenvalue weighted by Gasteiger charge is 2.21. The SMILES string of the molecule is Cc1cccc(OC(C)C(=O)N(C)CC(=O)Nc2ccc(Cl)cc2)c1. The number of halogens is 1. The van der Waals surface area contributed by atoms with Gasteiger partial charge in [-0.15, -0.1) is 0 Å². The van der Waals surface area contributed by atoms with Crippen molar-refractivity contribution < 1.29 is 14.3 Å². The van der Waals surface area contributed by atoms with Crippen LogP contribution in [0.15, 0.2) is 48.5 Å². The maximum absolute atomic E-state index is 12.4. The first kappa shape index (κ1) is 18.8. The second-order valence-corrected chi connectivity index (χ2v) is 6.26. The van der Waals surface area contributed by atoms with Crippen molar-refractivity contribution in [3.63, 3.8) is 0 Å². The van der Waals surface area contributed by atoms with E-state index in [9.17, 15) is 9.59 Å². The smallest absolute Gasteiger partial charge is 0.263 e. The molecule has 0 aliphatic rings. The van der Waals surface area contributed by atoms with E-state index < -0.39 is 6.10 Å². The van der Waals surface area contributed by atoms with Crippen molar-refractivity contribution >= 4 is 29.1 Å². The van der Waals surface area contributed by atoms with Crippen LogP contribution in [0.5, 0.6) is 5.75 Å². The topological polar surface area (TPSA) is 58.6 Å². The van der Waals surface area contributed by atoms with Crippen LogP contribution in [0, 0.1) is 6.92 Å². The third-order valence-corrected chi connectivity index (χ3v) is 3.79. The molecule has 0 fully saturated rings. The molecule has 0 heterocycles. The molecule has 1 unspecified atom stereocenters. The molecule has 0 saturated carbocycles. The average Bonchev–Trinajstić information content (AvgIpc) is 2.56. The number of hydrogen-bond donors (Lipinski definition) is 1. The van der Waals surface area contributed by atoms with Crippen molar-refractivity contribution in [1.29, 1.82) is 0 Å². The number of nitrogens with one attached hydrogen (secondary N) is 1. The van der Waals surface area contributed by atoms with E-state index in [-0.39, 0.29) is 18.4 Å². The molecule has 2 aromatic carbocycles. The van der Waals surface area contributed by atoms with Gasteiger partial charge >= 0.3 is 0 Å². The minimum Gasteiger partial charge on any atom is -0.481 e. The molecule has 0 radical (unpaired) electrons. The summed E-state index contributed by atoms with van der Waals surface area (Å²) in [5.74, 6) is 0.0635. The average molecular weight is 361 g/mol. The Kier molecular flexibility index (Phi) is 6.42. The van der Waals surface area contributed by atoms with Crippen LogP contribution >= 0.6 is 11.6 Å². The van der Waals surface area contributed by atoms with Gasteiger partial charge in [0.1, 0.15) is 5.75 Å². The molecule has 0 aromatic heterocycles. The van der Waals surface area contributed by atoms with E-state index in [0.29, 0.717) is 16.5 Å². The predicted octanol–water partition coefficient (Wildman–Crippen LogP) is 3.51. The van der Waals surface area contributed by atoms with Gasteiger partial charge in [0, 0.05) is 17.8 Å². The number of nitrogens with zero attached hydrogens (tertiary/aromatic N) is 1. The summed E-state index contributed by atoms with van der Waals surface area (Å²) in [5, 5.41) is 3.31. The summed E-state index contributed by atoms with van der Waals surface area (Å²) in [6.07, 6.45) is -0.685. The van der Waals surface area contributed by atoms with Crippen molar-refractivity contribution in [2.75, 3.05) is 18.9 Å². The molecular weight excluding hydrogens is 340 g/mol. The zero-order valence-electron chi connectivity index (χ0n) is 14.5. The first-order chi connectivity index (χ1) is 11.8. The molecule has 1 atom stereocenters. The zero-order chi connectivity index (χ0) is 18.4. The molecule has 0 aliphatic carbocycles. The van der Waals surface area contributed by atoms with Crippen molar-refractivity contribution in [3.8, 4) is 5.75 Å². The van der Waals surface area contributed by atoms with Crippen LogP contribution in [-0.2, 0) is 9.59 Å². The fourth-order valence-electron chi connectivity index (χ4n) is 2.28. The Balaban J connectivity index is 1.88. The number of ether oxygens (including phenoxy) is 1. The normalized spacial score (nSPS) is 11.5. The maximum atomic E-state index is 12.4. The molecule has 25 heavy (non-hydrogen) atoms. The Morgan fingerprint density at radius 1 is 1.20 bits per heavy atom. The third kappa shape index (κ3) is 5.80. The van der Waals surface area contributed by atoms with Gasteiger partial charge in [-0.25, -0.2) is 0 Å². The first-order valence-electron chi connectivity index (χ1n) is 7.89. The van der Waals surface area contributed by atoms with Crippen molar-refractivity contribution in [2.24, 2.45) is 0 Å². The highest BCUT2D eigenvalue weighted by molar-refractivity contribution is 6.30. The number of rotatable bonds is 6. The van der Waals surface area contributed by atoms with E-state index in [1.165, 1.54) is 4.90 Å². The lowest BCUT2D eigenvalue weighted by atomic mass is 10.2. The van der Waals surface area contributed by atoms with Gasteiger partial charge in [-0.2, -0.15) is 0 Å². The first-order valence-corrected chi connectivity index (χ1v) is 8.26. The molecular formula is C19H21ClN2O3. The largest absolute Gasteiger partial charge is 0.481 e. The van der Waals surface area contributed by atoms with E-state index in [1.54, 1.807) is 44.3 Å². The van der Waals surface area contributed by atoms with Gasteiger partial charge < -0.3 is 15.0 Å². The number of carbonyl (C=O) groups is 2. The van der Waals surface area contributed by atoms with E-state index in [0.717, 1.165) is 5.56 Å². The number of benzene rings is 2. The summed E-state index contributed by atoms with van der Waals surface area (Å²) >= 11 is 5.81. The van der Waals surface area contributed by atoms with Crippen LogP contribution in [0.4, 0.5) is 5.69 Å². The Hall–Kier alpha value is -2.53. The molecule has 0 saturated heterocycles. The number of amides is 2. The van der Waals surface area contributed by atoms with Crippen LogP contribution in [0.1, 0.15) is 12.5 Å². The molecule has 132 valence electrons. The number of anilines is 1. The molecule has 0 spiro atoms. The zero-order valence-corrected chi connectivity index (χ0v) is 15.2. The Bertz CT molecular complexity index is 747. The highest BCUT2D eigenvalue weighted by Crippen LogP contribution is 2.15. The van der Waals surface area contributed by atoms with Crippen molar-refractivity contribution in [1.82, 2.24) is 4.90 Å². The van der Waals surface area contributed by atoms with Crippen LogP contribution in [-0.4, -0.2) is 36.4 Å². The molecule has 0 aliphatic heterocycles. The van der Waals surface area contributed by atoms with Gasteiger partial charge in [0.25, 0.3) is 5.91 Å². The van der Waals surface area contributed by atoms with Gasteiger partial charge in [0.05, 0.1) is 6.54 Å². The van der Waals surface area contributed by atoms with Crippen LogP contribution < -0.4 is 10.1 Å². The standard InChI is InChI=1S/C19H21ClN2O3/c1-13-5-4-6-17(11-13)25-14(2)19(24)22(3)12-18(23)21-16-9-7-15(20)8-10-16/h4-11,14H,12H2,1-3H3,(H,21,23). The minimum atomic E-state index is -0.685. The van der Waals surface area contributed by atoms with Crippen LogP contribution in [0.2, 0.25) is 5.02 Å². The van der Waals surface area contributed by atoms with Gasteiger partial charge in [-0.05, 0) is 55.8 Å². The molecule has 6 heteroatoms. The molecule has 5 nitrogen and oxygen atoms in total.